The Balaban J connectivity index is 1.96. The number of Topliss-reactive ketones (excluding diaryl/α,β-unsaturated/α-hetero) is 1. The summed E-state index contributed by atoms with van der Waals surface area (Å²) in [6.07, 6.45) is 3.47. The lowest BCUT2D eigenvalue weighted by molar-refractivity contribution is -0.142. The highest BCUT2D eigenvalue weighted by molar-refractivity contribution is 5.87. The van der Waals surface area contributed by atoms with Crippen LogP contribution in [0.1, 0.15) is 32.6 Å². The van der Waals surface area contributed by atoms with Gasteiger partial charge in [0.05, 0.1) is 5.69 Å². The Morgan fingerprint density at radius 3 is 2.69 bits per heavy atom. The van der Waals surface area contributed by atoms with Crippen LogP contribution < -0.4 is 5.48 Å². The van der Waals surface area contributed by atoms with Crippen LogP contribution in [-0.4, -0.2) is 11.4 Å². The second-order valence-corrected chi connectivity index (χ2v) is 4.43. The third-order valence-corrected chi connectivity index (χ3v) is 3.07. The van der Waals surface area contributed by atoms with Crippen molar-refractivity contribution in [2.75, 3.05) is 5.48 Å². The molecule has 1 atom stereocenters. The van der Waals surface area contributed by atoms with Gasteiger partial charge in [-0.1, -0.05) is 18.2 Å². The number of hydrogen-bond acceptors (Lipinski definition) is 3. The number of hydrogen-bond donors (Lipinski definition) is 1. The van der Waals surface area contributed by atoms with Gasteiger partial charge >= 0.3 is 0 Å². The van der Waals surface area contributed by atoms with Crippen molar-refractivity contribution < 1.29 is 9.63 Å². The first-order valence-electron chi connectivity index (χ1n) is 5.73. The topological polar surface area (TPSA) is 38.3 Å². The molecule has 1 aromatic rings. The molecule has 0 bridgehead atoms. The summed E-state index contributed by atoms with van der Waals surface area (Å²) in [5, 5.41) is 0. The second-order valence-electron chi connectivity index (χ2n) is 4.43. The molecular weight excluding hydrogens is 202 g/mol. The summed E-state index contributed by atoms with van der Waals surface area (Å²) in [5.41, 5.74) is 3.08. The van der Waals surface area contributed by atoms with Crippen LogP contribution >= 0.6 is 0 Å². The van der Waals surface area contributed by atoms with Crippen molar-refractivity contribution in [3.63, 3.8) is 0 Å². The predicted octanol–water partition coefficient (Wildman–Crippen LogP) is 2.93. The van der Waals surface area contributed by atoms with Gasteiger partial charge in [0, 0.05) is 6.42 Å². The predicted molar refractivity (Wildman–Crippen MR) is 63.0 cm³/mol. The van der Waals surface area contributed by atoms with Crippen LogP contribution in [0.2, 0.25) is 0 Å². The highest BCUT2D eigenvalue weighted by Gasteiger charge is 2.36. The number of rotatable bonds is 3. The van der Waals surface area contributed by atoms with Gasteiger partial charge in [-0.05, 0) is 38.3 Å². The van der Waals surface area contributed by atoms with Gasteiger partial charge in [0.2, 0.25) is 0 Å². The summed E-state index contributed by atoms with van der Waals surface area (Å²) in [4.78, 5) is 17.3. The summed E-state index contributed by atoms with van der Waals surface area (Å²) < 4.78 is 0. The van der Waals surface area contributed by atoms with E-state index in [1.807, 2.05) is 37.3 Å². The number of para-hydroxylation sites is 1. The number of nitrogens with one attached hydrogen (secondary N) is 1. The van der Waals surface area contributed by atoms with E-state index in [1.54, 1.807) is 0 Å². The van der Waals surface area contributed by atoms with E-state index in [0.717, 1.165) is 24.9 Å². The fraction of sp³-hybridized carbons (Fsp3) is 0.462. The Bertz CT molecular complexity index is 363. The number of benzene rings is 1. The van der Waals surface area contributed by atoms with Gasteiger partial charge in [0.25, 0.3) is 0 Å². The van der Waals surface area contributed by atoms with Gasteiger partial charge in [0.15, 0.2) is 11.4 Å². The van der Waals surface area contributed by atoms with Gasteiger partial charge in [0.1, 0.15) is 0 Å². The molecule has 3 heteroatoms. The first-order valence-corrected chi connectivity index (χ1v) is 5.73. The molecule has 1 aromatic carbocycles. The first-order chi connectivity index (χ1) is 7.71. The van der Waals surface area contributed by atoms with Crippen molar-refractivity contribution in [3.05, 3.63) is 30.3 Å². The second kappa shape index (κ2) is 4.66. The maximum absolute atomic E-state index is 11.8. The number of carbonyl (C=O) groups excluding carboxylic acids is 1. The maximum Gasteiger partial charge on any atom is 0.167 e. The molecular formula is C13H17NO2. The first kappa shape index (κ1) is 11.1. The van der Waals surface area contributed by atoms with E-state index < -0.39 is 5.60 Å². The van der Waals surface area contributed by atoms with Crippen molar-refractivity contribution in [2.45, 2.75) is 38.2 Å². The summed E-state index contributed by atoms with van der Waals surface area (Å²) in [7, 11) is 0. The average Bonchev–Trinajstić information content (AvgIpc) is 2.32. The standard InChI is InChI=1S/C13H17NO2/c1-13(10-6-5-9-12(13)15)16-14-11-7-3-2-4-8-11/h2-4,7-8,14H,5-6,9-10H2,1H3. The Morgan fingerprint density at radius 1 is 1.25 bits per heavy atom. The minimum atomic E-state index is -0.659. The van der Waals surface area contributed by atoms with Crippen LogP contribution in [0.5, 0.6) is 0 Å². The number of anilines is 1. The lowest BCUT2D eigenvalue weighted by Gasteiger charge is -2.31. The van der Waals surface area contributed by atoms with Crippen LogP contribution in [0.4, 0.5) is 5.69 Å². The van der Waals surface area contributed by atoms with E-state index in [9.17, 15) is 4.79 Å². The molecule has 16 heavy (non-hydrogen) atoms. The number of ketones is 1. The molecule has 0 aliphatic heterocycles. The van der Waals surface area contributed by atoms with E-state index in [2.05, 4.69) is 5.48 Å². The highest BCUT2D eigenvalue weighted by Crippen LogP contribution is 2.28. The van der Waals surface area contributed by atoms with Crippen LogP contribution in [-0.2, 0) is 9.63 Å². The molecule has 0 amide bonds. The van der Waals surface area contributed by atoms with E-state index >= 15 is 0 Å². The molecule has 1 saturated carbocycles. The molecule has 2 rings (SSSR count). The fourth-order valence-corrected chi connectivity index (χ4v) is 1.94. The third-order valence-electron chi connectivity index (χ3n) is 3.07. The van der Waals surface area contributed by atoms with Crippen LogP contribution in [0.25, 0.3) is 0 Å². The molecule has 0 heterocycles. The summed E-state index contributed by atoms with van der Waals surface area (Å²) >= 11 is 0. The summed E-state index contributed by atoms with van der Waals surface area (Å²) in [5.74, 6) is 0.196. The van der Waals surface area contributed by atoms with Crippen LogP contribution in [0.15, 0.2) is 30.3 Å². The quantitative estimate of drug-likeness (QED) is 0.794. The molecule has 0 spiro atoms. The largest absolute Gasteiger partial charge is 0.296 e. The summed E-state index contributed by atoms with van der Waals surface area (Å²) in [6, 6.07) is 9.62. The van der Waals surface area contributed by atoms with Crippen molar-refractivity contribution in [1.82, 2.24) is 0 Å². The minimum absolute atomic E-state index is 0.196. The van der Waals surface area contributed by atoms with Gasteiger partial charge in [-0.2, -0.15) is 0 Å². The van der Waals surface area contributed by atoms with Crippen molar-refractivity contribution in [1.29, 1.82) is 0 Å². The van der Waals surface area contributed by atoms with E-state index in [1.165, 1.54) is 0 Å². The molecule has 1 fully saturated rings. The zero-order valence-corrected chi connectivity index (χ0v) is 9.53. The zero-order chi connectivity index (χ0) is 11.4. The molecule has 0 radical (unpaired) electrons. The molecule has 1 unspecified atom stereocenters. The Morgan fingerprint density at radius 2 is 2.00 bits per heavy atom. The maximum atomic E-state index is 11.8. The molecule has 0 saturated heterocycles. The normalized spacial score (nSPS) is 25.4. The molecule has 1 aliphatic carbocycles. The number of carbonyl (C=O) groups is 1. The van der Waals surface area contributed by atoms with Gasteiger partial charge in [-0.15, -0.1) is 0 Å². The molecule has 86 valence electrons. The van der Waals surface area contributed by atoms with E-state index in [4.69, 9.17) is 4.84 Å². The lowest BCUT2D eigenvalue weighted by atomic mass is 9.85. The molecule has 1 N–H and O–H groups in total. The third kappa shape index (κ3) is 2.42. The van der Waals surface area contributed by atoms with Crippen molar-refractivity contribution in [2.24, 2.45) is 0 Å². The Kier molecular flexibility index (Phi) is 3.25. The van der Waals surface area contributed by atoms with E-state index in [-0.39, 0.29) is 5.78 Å². The van der Waals surface area contributed by atoms with Gasteiger partial charge < -0.3 is 0 Å². The highest BCUT2D eigenvalue weighted by atomic mass is 16.7. The fourth-order valence-electron chi connectivity index (χ4n) is 1.94. The van der Waals surface area contributed by atoms with Crippen molar-refractivity contribution >= 4 is 11.5 Å². The van der Waals surface area contributed by atoms with Crippen LogP contribution in [0, 0.1) is 0 Å². The Hall–Kier alpha value is -1.35. The molecule has 1 aliphatic rings. The minimum Gasteiger partial charge on any atom is -0.296 e. The molecule has 3 nitrogen and oxygen atoms in total. The molecule has 0 aromatic heterocycles. The van der Waals surface area contributed by atoms with Gasteiger partial charge in [-0.3, -0.25) is 15.1 Å². The SMILES string of the molecule is CC1(ONc2ccccc2)CCCCC1=O. The van der Waals surface area contributed by atoms with Crippen molar-refractivity contribution in [3.8, 4) is 0 Å². The van der Waals surface area contributed by atoms with Gasteiger partial charge in [-0.25, -0.2) is 0 Å². The monoisotopic (exact) mass is 219 g/mol. The Labute approximate surface area is 95.8 Å². The summed E-state index contributed by atoms with van der Waals surface area (Å²) in [6.45, 7) is 1.87. The zero-order valence-electron chi connectivity index (χ0n) is 9.53. The smallest absolute Gasteiger partial charge is 0.167 e. The average molecular weight is 219 g/mol. The lowest BCUT2D eigenvalue weighted by Crippen LogP contribution is -2.42. The van der Waals surface area contributed by atoms with Crippen LogP contribution in [0.3, 0.4) is 0 Å². The van der Waals surface area contributed by atoms with E-state index in [0.29, 0.717) is 6.42 Å².